The Morgan fingerprint density at radius 3 is 2.67 bits per heavy atom. The van der Waals surface area contributed by atoms with E-state index in [1.54, 1.807) is 0 Å². The van der Waals surface area contributed by atoms with Crippen molar-refractivity contribution >= 4 is 45.2 Å². The molecule has 0 N–H and O–H groups in total. The van der Waals surface area contributed by atoms with Gasteiger partial charge in [0.2, 0.25) is 10.3 Å². The quantitative estimate of drug-likeness (QED) is 0.461. The van der Waals surface area contributed by atoms with Crippen molar-refractivity contribution in [1.29, 1.82) is 0 Å². The van der Waals surface area contributed by atoms with Crippen LogP contribution in [-0.2, 0) is 16.7 Å². The van der Waals surface area contributed by atoms with Crippen LogP contribution in [0.4, 0.5) is 0 Å². The molecule has 1 rings (SSSR count). The molecule has 0 saturated carbocycles. The molecule has 1 aromatic rings. The van der Waals surface area contributed by atoms with E-state index in [1.807, 2.05) is 0 Å². The van der Waals surface area contributed by atoms with Gasteiger partial charge in [0.1, 0.15) is 0 Å². The molecule has 0 spiro atoms. The first-order chi connectivity index (χ1) is 5.29. The van der Waals surface area contributed by atoms with Crippen molar-refractivity contribution in [2.75, 3.05) is 0 Å². The van der Waals surface area contributed by atoms with Gasteiger partial charge in [-0.2, -0.15) is 8.42 Å². The van der Waals surface area contributed by atoms with Crippen molar-refractivity contribution in [1.82, 2.24) is 9.97 Å². The first kappa shape index (κ1) is 11.8. The molecule has 0 bridgehead atoms. The fourth-order valence-corrected chi connectivity index (χ4v) is 0.896. The molecule has 0 saturated heterocycles. The van der Waals surface area contributed by atoms with Crippen molar-refractivity contribution in [2.24, 2.45) is 0 Å². The minimum atomic E-state index is -2.11. The molecule has 0 unspecified atom stereocenters. The van der Waals surface area contributed by atoms with Crippen molar-refractivity contribution in [2.45, 2.75) is 6.42 Å². The van der Waals surface area contributed by atoms with E-state index in [4.69, 9.17) is 0 Å². The van der Waals surface area contributed by atoms with Crippen LogP contribution in [0.2, 0.25) is 0 Å². The monoisotopic (exact) mass is 193 g/mol. The third kappa shape index (κ3) is 4.61. The minimum Gasteiger partial charge on any atom is -0.261 e. The third-order valence-corrected chi connectivity index (χ3v) is 1.48. The molecule has 1 heterocycles. The summed E-state index contributed by atoms with van der Waals surface area (Å²) in [5.74, 6) is 0. The Kier molecular flexibility index (Phi) is 6.18. The molecule has 0 aliphatic heterocycles. The molecule has 0 fully saturated rings. The minimum absolute atomic E-state index is 0. The van der Waals surface area contributed by atoms with E-state index in [0.29, 0.717) is 12.1 Å². The molecular formula is C6H6N2NaO2S. The fraction of sp³-hybridized carbons (Fsp3) is 0.167. The van der Waals surface area contributed by atoms with Gasteiger partial charge in [0, 0.05) is 59.9 Å². The molecule has 4 nitrogen and oxygen atoms in total. The number of hydrogen-bond donors (Lipinski definition) is 0. The predicted octanol–water partition coefficient (Wildman–Crippen LogP) is -0.680. The maximum absolute atomic E-state index is 10.1. The summed E-state index contributed by atoms with van der Waals surface area (Å²) < 4.78 is 20.1. The Balaban J connectivity index is 0.00000121. The Labute approximate surface area is 93.9 Å². The van der Waals surface area contributed by atoms with Gasteiger partial charge >= 0.3 is 0 Å². The second-order valence-corrected chi connectivity index (χ2v) is 2.68. The summed E-state index contributed by atoms with van der Waals surface area (Å²) in [7, 11) is -2.11. The normalized spacial score (nSPS) is 8.33. The van der Waals surface area contributed by atoms with E-state index >= 15 is 0 Å². The molecule has 1 radical (unpaired) electrons. The van der Waals surface area contributed by atoms with Gasteiger partial charge in [-0.05, 0) is 0 Å². The first-order valence-electron chi connectivity index (χ1n) is 2.95. The predicted molar refractivity (Wildman–Crippen MR) is 46.5 cm³/mol. The van der Waals surface area contributed by atoms with Crippen LogP contribution in [0.15, 0.2) is 18.6 Å². The van der Waals surface area contributed by atoms with Gasteiger partial charge in [-0.3, -0.25) is 9.97 Å². The smallest absolute Gasteiger partial charge is 0.210 e. The molecule has 0 aliphatic rings. The summed E-state index contributed by atoms with van der Waals surface area (Å²) in [4.78, 5) is 7.66. The van der Waals surface area contributed by atoms with Crippen LogP contribution in [0.25, 0.3) is 0 Å². The summed E-state index contributed by atoms with van der Waals surface area (Å²) in [6, 6.07) is 0. The van der Waals surface area contributed by atoms with Gasteiger partial charge in [-0.1, -0.05) is 0 Å². The van der Waals surface area contributed by atoms with Gasteiger partial charge in [0.05, 0.1) is 5.69 Å². The van der Waals surface area contributed by atoms with E-state index in [2.05, 4.69) is 9.97 Å². The van der Waals surface area contributed by atoms with Crippen LogP contribution in [0, 0.1) is 0 Å². The topological polar surface area (TPSA) is 59.9 Å². The second kappa shape index (κ2) is 6.30. The molecule has 0 aromatic carbocycles. The van der Waals surface area contributed by atoms with Gasteiger partial charge in [0.15, 0.2) is 0 Å². The summed E-state index contributed by atoms with van der Waals surface area (Å²) in [5.41, 5.74) is 0.650. The standard InChI is InChI=1S/C6H6N2O2S.Na/c9-11(10)4-1-6-5-7-2-3-8-6;/h2-5H,1H2;. The van der Waals surface area contributed by atoms with Crippen LogP contribution < -0.4 is 0 Å². The van der Waals surface area contributed by atoms with E-state index in [0.717, 1.165) is 5.37 Å². The van der Waals surface area contributed by atoms with Crippen LogP contribution >= 0.6 is 0 Å². The summed E-state index contributed by atoms with van der Waals surface area (Å²) in [6.45, 7) is 0. The van der Waals surface area contributed by atoms with Crippen molar-refractivity contribution < 1.29 is 8.42 Å². The van der Waals surface area contributed by atoms with Crippen LogP contribution in [0.3, 0.4) is 0 Å². The first-order valence-corrected chi connectivity index (χ1v) is 4.09. The summed E-state index contributed by atoms with van der Waals surface area (Å²) >= 11 is 0. The Hall–Kier alpha value is -0.230. The van der Waals surface area contributed by atoms with Crippen LogP contribution in [0.1, 0.15) is 5.69 Å². The zero-order valence-corrected chi connectivity index (χ0v) is 9.45. The molecule has 1 aromatic heterocycles. The zero-order valence-electron chi connectivity index (χ0n) is 6.64. The number of aromatic nitrogens is 2. The molecular weight excluding hydrogens is 187 g/mol. The molecule has 0 amide bonds. The number of rotatable bonds is 2. The largest absolute Gasteiger partial charge is 0.261 e. The van der Waals surface area contributed by atoms with Gasteiger partial charge in [-0.25, -0.2) is 0 Å². The fourth-order valence-electron chi connectivity index (χ4n) is 0.589. The van der Waals surface area contributed by atoms with Gasteiger partial charge in [0.25, 0.3) is 0 Å². The molecule has 59 valence electrons. The summed E-state index contributed by atoms with van der Waals surface area (Å²) in [6.07, 6.45) is 4.90. The van der Waals surface area contributed by atoms with Crippen molar-refractivity contribution in [3.8, 4) is 0 Å². The van der Waals surface area contributed by atoms with E-state index < -0.39 is 10.3 Å². The maximum atomic E-state index is 10.1. The average molecular weight is 193 g/mol. The van der Waals surface area contributed by atoms with Crippen molar-refractivity contribution in [3.05, 3.63) is 24.3 Å². The summed E-state index contributed by atoms with van der Waals surface area (Å²) in [5, 5.41) is 1.14. The Bertz CT molecular complexity index is 341. The SMILES string of the molecule is O=S(=O)=CCc1cnccn1.[Na]. The Morgan fingerprint density at radius 2 is 2.17 bits per heavy atom. The third-order valence-electron chi connectivity index (χ3n) is 1.05. The molecule has 0 atom stereocenters. The van der Waals surface area contributed by atoms with Gasteiger partial charge in [-0.15, -0.1) is 0 Å². The van der Waals surface area contributed by atoms with E-state index in [-0.39, 0.29) is 29.6 Å². The van der Waals surface area contributed by atoms with E-state index in [1.165, 1.54) is 18.6 Å². The van der Waals surface area contributed by atoms with E-state index in [9.17, 15) is 8.42 Å². The van der Waals surface area contributed by atoms with Crippen molar-refractivity contribution in [3.63, 3.8) is 0 Å². The molecule has 0 aliphatic carbocycles. The molecule has 12 heavy (non-hydrogen) atoms. The number of nitrogens with zero attached hydrogens (tertiary/aromatic N) is 2. The number of hydrogen-bond acceptors (Lipinski definition) is 4. The maximum Gasteiger partial charge on any atom is 0.210 e. The Morgan fingerprint density at radius 1 is 1.42 bits per heavy atom. The second-order valence-electron chi connectivity index (χ2n) is 1.83. The average Bonchev–Trinajstić information content (AvgIpc) is 2.03. The van der Waals surface area contributed by atoms with Crippen LogP contribution in [0.5, 0.6) is 0 Å². The molecule has 6 heteroatoms. The van der Waals surface area contributed by atoms with Gasteiger partial charge < -0.3 is 0 Å². The van der Waals surface area contributed by atoms with Crippen LogP contribution in [-0.4, -0.2) is 53.3 Å². The zero-order chi connectivity index (χ0) is 8.10.